The first-order valence-electron chi connectivity index (χ1n) is 9.83. The molecule has 1 aliphatic carbocycles. The van der Waals surface area contributed by atoms with Crippen LogP contribution < -0.4 is 10.6 Å². The zero-order chi connectivity index (χ0) is 18.5. The number of hydrogen-bond acceptors (Lipinski definition) is 3. The Hall–Kier alpha value is -2.11. The highest BCUT2D eigenvalue weighted by atomic mass is 16.2. The molecule has 3 rings (SSSR count). The van der Waals surface area contributed by atoms with Crippen molar-refractivity contribution in [3.05, 3.63) is 29.1 Å². The summed E-state index contributed by atoms with van der Waals surface area (Å²) in [6.07, 6.45) is 7.44. The Morgan fingerprint density at radius 3 is 2.19 bits per heavy atom. The number of likely N-dealkylation sites (tertiary alicyclic amines) is 1. The molecule has 1 saturated heterocycles. The Labute approximate surface area is 155 Å². The number of urea groups is 1. The minimum atomic E-state index is -0.0579. The van der Waals surface area contributed by atoms with Crippen molar-refractivity contribution in [2.24, 2.45) is 0 Å². The molecule has 0 unspecified atom stereocenters. The lowest BCUT2D eigenvalue weighted by atomic mass is 9.96. The van der Waals surface area contributed by atoms with Gasteiger partial charge in [-0.15, -0.1) is 0 Å². The lowest BCUT2D eigenvalue weighted by Gasteiger charge is -2.33. The predicted octanol–water partition coefficient (Wildman–Crippen LogP) is 2.93. The van der Waals surface area contributed by atoms with Gasteiger partial charge >= 0.3 is 6.03 Å². The summed E-state index contributed by atoms with van der Waals surface area (Å²) in [5.41, 5.74) is 2.50. The fraction of sp³-hybridized carbons (Fsp3) is 0.650. The Kier molecular flexibility index (Phi) is 6.12. The number of hydrogen-bond donors (Lipinski definition) is 2. The molecule has 2 N–H and O–H groups in total. The van der Waals surface area contributed by atoms with Gasteiger partial charge < -0.3 is 15.5 Å². The van der Waals surface area contributed by atoms with E-state index in [-0.39, 0.29) is 18.0 Å². The quantitative estimate of drug-likeness (QED) is 0.872. The number of carbonyl (C=O) groups is 2. The van der Waals surface area contributed by atoms with Crippen molar-refractivity contribution in [1.29, 1.82) is 0 Å². The van der Waals surface area contributed by atoms with Gasteiger partial charge in [-0.25, -0.2) is 9.78 Å². The number of carbonyl (C=O) groups excluding carboxylic acids is 2. The number of nitrogens with one attached hydrogen (secondary N) is 2. The van der Waals surface area contributed by atoms with Crippen LogP contribution in [0.15, 0.2) is 12.1 Å². The van der Waals surface area contributed by atoms with Crippen molar-refractivity contribution >= 4 is 11.9 Å². The van der Waals surface area contributed by atoms with E-state index in [1.54, 1.807) is 6.07 Å². The molecule has 1 aromatic rings. The summed E-state index contributed by atoms with van der Waals surface area (Å²) >= 11 is 0. The van der Waals surface area contributed by atoms with E-state index < -0.39 is 0 Å². The van der Waals surface area contributed by atoms with E-state index in [4.69, 9.17) is 0 Å². The zero-order valence-electron chi connectivity index (χ0n) is 15.9. The van der Waals surface area contributed by atoms with Gasteiger partial charge in [0.25, 0.3) is 5.91 Å². The highest BCUT2D eigenvalue weighted by molar-refractivity contribution is 5.92. The zero-order valence-corrected chi connectivity index (χ0v) is 15.9. The fourth-order valence-electron chi connectivity index (χ4n) is 3.80. The third kappa shape index (κ3) is 4.74. The van der Waals surface area contributed by atoms with Crippen LogP contribution in [0, 0.1) is 13.8 Å². The summed E-state index contributed by atoms with van der Waals surface area (Å²) in [5.74, 6) is -0.0155. The summed E-state index contributed by atoms with van der Waals surface area (Å²) in [6.45, 7) is 5.23. The van der Waals surface area contributed by atoms with Crippen molar-refractivity contribution in [3.8, 4) is 0 Å². The summed E-state index contributed by atoms with van der Waals surface area (Å²) in [5, 5.41) is 6.18. The molecule has 3 amide bonds. The number of amides is 3. The first-order valence-corrected chi connectivity index (χ1v) is 9.83. The van der Waals surface area contributed by atoms with Crippen LogP contribution in [0.2, 0.25) is 0 Å². The van der Waals surface area contributed by atoms with Crippen LogP contribution in [-0.2, 0) is 0 Å². The van der Waals surface area contributed by atoms with Gasteiger partial charge in [-0.2, -0.15) is 0 Å². The monoisotopic (exact) mass is 358 g/mol. The molecule has 6 nitrogen and oxygen atoms in total. The molecule has 0 spiro atoms. The van der Waals surface area contributed by atoms with E-state index in [1.165, 1.54) is 19.3 Å². The van der Waals surface area contributed by atoms with Gasteiger partial charge in [0.05, 0.1) is 0 Å². The van der Waals surface area contributed by atoms with Gasteiger partial charge in [-0.3, -0.25) is 4.79 Å². The molecular weight excluding hydrogens is 328 g/mol. The second-order valence-corrected chi connectivity index (χ2v) is 7.62. The molecule has 6 heteroatoms. The van der Waals surface area contributed by atoms with Gasteiger partial charge in [-0.1, -0.05) is 25.3 Å². The molecule has 1 aliphatic heterocycles. The maximum absolute atomic E-state index is 12.6. The van der Waals surface area contributed by atoms with E-state index in [0.29, 0.717) is 24.8 Å². The average Bonchev–Trinajstić information content (AvgIpc) is 2.65. The maximum atomic E-state index is 12.6. The van der Waals surface area contributed by atoms with E-state index >= 15 is 0 Å². The molecule has 0 atom stereocenters. The molecule has 1 aromatic heterocycles. The highest BCUT2D eigenvalue weighted by Gasteiger charge is 2.26. The molecular formula is C20H30N4O2. The molecule has 142 valence electrons. The lowest BCUT2D eigenvalue weighted by Crippen LogP contribution is -2.51. The molecule has 26 heavy (non-hydrogen) atoms. The second kappa shape index (κ2) is 8.52. The number of aromatic nitrogens is 1. The minimum absolute atomic E-state index is 0.0155. The van der Waals surface area contributed by atoms with Crippen molar-refractivity contribution in [3.63, 3.8) is 0 Å². The third-order valence-corrected chi connectivity index (χ3v) is 5.63. The SMILES string of the molecule is Cc1ccc(C(=O)N2CCC(NC(=O)NC3CCCCC3)CC2)nc1C. The summed E-state index contributed by atoms with van der Waals surface area (Å²) in [6, 6.07) is 4.14. The summed E-state index contributed by atoms with van der Waals surface area (Å²) in [4.78, 5) is 31.0. The van der Waals surface area contributed by atoms with Crippen LogP contribution >= 0.6 is 0 Å². The highest BCUT2D eigenvalue weighted by Crippen LogP contribution is 2.18. The number of piperidine rings is 1. The summed E-state index contributed by atoms with van der Waals surface area (Å²) < 4.78 is 0. The largest absolute Gasteiger partial charge is 0.337 e. The van der Waals surface area contributed by atoms with Gasteiger partial charge in [0.2, 0.25) is 0 Å². The molecule has 0 aromatic carbocycles. The van der Waals surface area contributed by atoms with Gasteiger partial charge in [0.1, 0.15) is 5.69 Å². The Balaban J connectivity index is 1.45. The Morgan fingerprint density at radius 2 is 1.58 bits per heavy atom. The topological polar surface area (TPSA) is 74.3 Å². The standard InChI is InChI=1S/C20H30N4O2/c1-14-8-9-18(21-15(14)2)19(25)24-12-10-17(11-13-24)23-20(26)22-16-6-4-3-5-7-16/h8-9,16-17H,3-7,10-13H2,1-2H3,(H2,22,23,26). The van der Waals surface area contributed by atoms with Crippen LogP contribution in [0.1, 0.15) is 66.7 Å². The molecule has 0 radical (unpaired) electrons. The lowest BCUT2D eigenvalue weighted by molar-refractivity contribution is 0.0702. The van der Waals surface area contributed by atoms with Crippen molar-refractivity contribution in [2.45, 2.75) is 70.9 Å². The van der Waals surface area contributed by atoms with Crippen molar-refractivity contribution in [1.82, 2.24) is 20.5 Å². The molecule has 2 fully saturated rings. The van der Waals surface area contributed by atoms with Crippen LogP contribution in [0.4, 0.5) is 4.79 Å². The number of rotatable bonds is 3. The number of nitrogens with zero attached hydrogens (tertiary/aromatic N) is 2. The van der Waals surface area contributed by atoms with E-state index in [1.807, 2.05) is 24.8 Å². The van der Waals surface area contributed by atoms with Crippen LogP contribution in [-0.4, -0.2) is 47.0 Å². The first kappa shape index (κ1) is 18.7. The first-order chi connectivity index (χ1) is 12.5. The maximum Gasteiger partial charge on any atom is 0.315 e. The fourth-order valence-corrected chi connectivity index (χ4v) is 3.80. The van der Waals surface area contributed by atoms with Crippen molar-refractivity contribution < 1.29 is 9.59 Å². The van der Waals surface area contributed by atoms with Crippen LogP contribution in [0.25, 0.3) is 0 Å². The van der Waals surface area contributed by atoms with Crippen molar-refractivity contribution in [2.75, 3.05) is 13.1 Å². The predicted molar refractivity (Wildman–Crippen MR) is 101 cm³/mol. The van der Waals surface area contributed by atoms with E-state index in [9.17, 15) is 9.59 Å². The third-order valence-electron chi connectivity index (χ3n) is 5.63. The van der Waals surface area contributed by atoms with E-state index in [0.717, 1.165) is 36.9 Å². The second-order valence-electron chi connectivity index (χ2n) is 7.62. The molecule has 1 saturated carbocycles. The van der Waals surface area contributed by atoms with Gasteiger partial charge in [-0.05, 0) is 51.2 Å². The number of aryl methyl sites for hydroxylation is 2. The Morgan fingerprint density at radius 1 is 0.962 bits per heavy atom. The van der Waals surface area contributed by atoms with Crippen LogP contribution in [0.3, 0.4) is 0 Å². The normalized spacial score (nSPS) is 19.2. The van der Waals surface area contributed by atoms with E-state index in [2.05, 4.69) is 15.6 Å². The molecule has 2 heterocycles. The molecule has 0 bridgehead atoms. The number of pyridine rings is 1. The van der Waals surface area contributed by atoms with Crippen LogP contribution in [0.5, 0.6) is 0 Å². The van der Waals surface area contributed by atoms with Gasteiger partial charge in [0.15, 0.2) is 0 Å². The Bertz CT molecular complexity index is 647. The van der Waals surface area contributed by atoms with Gasteiger partial charge in [0, 0.05) is 30.9 Å². The summed E-state index contributed by atoms with van der Waals surface area (Å²) in [7, 11) is 0. The minimum Gasteiger partial charge on any atom is -0.337 e. The molecule has 2 aliphatic rings. The average molecular weight is 358 g/mol. The smallest absolute Gasteiger partial charge is 0.315 e.